The van der Waals surface area contributed by atoms with E-state index in [1.165, 1.54) is 17.7 Å². The second-order valence-electron chi connectivity index (χ2n) is 5.10. The van der Waals surface area contributed by atoms with E-state index in [1.54, 1.807) is 11.3 Å². The Balaban J connectivity index is 2.06. The third-order valence-electron chi connectivity index (χ3n) is 3.79. The number of rotatable bonds is 3. The molecule has 2 aromatic rings. The molecule has 1 aliphatic rings. The molecule has 19 heavy (non-hydrogen) atoms. The standard InChI is InChI=1S/C13H19N5S/c1-3-9-4-5-18(7-9)11-10-6-8(2)19-12(10)16-13(15-11)17-14/h6,9H,3-5,7,14H2,1-2H3,(H,15,16,17). The molecule has 0 spiro atoms. The highest BCUT2D eigenvalue weighted by molar-refractivity contribution is 7.18. The maximum absolute atomic E-state index is 5.48. The Hall–Kier alpha value is -1.40. The summed E-state index contributed by atoms with van der Waals surface area (Å²) < 4.78 is 0. The molecule has 1 fully saturated rings. The summed E-state index contributed by atoms with van der Waals surface area (Å²) in [6, 6.07) is 2.18. The summed E-state index contributed by atoms with van der Waals surface area (Å²) in [4.78, 5) is 13.6. The maximum atomic E-state index is 5.48. The summed E-state index contributed by atoms with van der Waals surface area (Å²) in [7, 11) is 0. The van der Waals surface area contributed by atoms with Gasteiger partial charge in [-0.25, -0.2) is 10.8 Å². The van der Waals surface area contributed by atoms with Gasteiger partial charge in [0.25, 0.3) is 0 Å². The smallest absolute Gasteiger partial charge is 0.240 e. The molecule has 1 atom stereocenters. The predicted octanol–water partition coefficient (Wildman–Crippen LogP) is 2.52. The van der Waals surface area contributed by atoms with Crippen molar-refractivity contribution in [3.8, 4) is 0 Å². The molecule has 0 aromatic carbocycles. The van der Waals surface area contributed by atoms with E-state index in [-0.39, 0.29) is 0 Å². The first-order chi connectivity index (χ1) is 9.21. The lowest BCUT2D eigenvalue weighted by molar-refractivity contribution is 0.569. The second-order valence-corrected chi connectivity index (χ2v) is 6.33. The molecule has 3 heterocycles. The maximum Gasteiger partial charge on any atom is 0.240 e. The molecular formula is C13H19N5S. The van der Waals surface area contributed by atoms with Gasteiger partial charge >= 0.3 is 0 Å². The van der Waals surface area contributed by atoms with E-state index in [0.29, 0.717) is 5.95 Å². The van der Waals surface area contributed by atoms with Crippen molar-refractivity contribution in [2.75, 3.05) is 23.4 Å². The molecule has 2 aromatic heterocycles. The molecule has 1 unspecified atom stereocenters. The molecular weight excluding hydrogens is 258 g/mol. The van der Waals surface area contributed by atoms with Crippen LogP contribution in [0.3, 0.4) is 0 Å². The number of hydrogen-bond acceptors (Lipinski definition) is 6. The Labute approximate surface area is 116 Å². The number of hydrogen-bond donors (Lipinski definition) is 2. The van der Waals surface area contributed by atoms with Gasteiger partial charge in [0.15, 0.2) is 0 Å². The Morgan fingerprint density at radius 2 is 2.37 bits per heavy atom. The van der Waals surface area contributed by atoms with Crippen molar-refractivity contribution in [1.82, 2.24) is 9.97 Å². The first-order valence-electron chi connectivity index (χ1n) is 6.71. The number of nitrogen functional groups attached to an aromatic ring is 1. The van der Waals surface area contributed by atoms with Gasteiger partial charge in [-0.3, -0.25) is 5.43 Å². The molecule has 1 saturated heterocycles. The van der Waals surface area contributed by atoms with Crippen LogP contribution in [0.4, 0.5) is 11.8 Å². The summed E-state index contributed by atoms with van der Waals surface area (Å²) in [6.45, 7) is 6.51. The van der Waals surface area contributed by atoms with Crippen LogP contribution in [0.25, 0.3) is 10.2 Å². The third-order valence-corrected chi connectivity index (χ3v) is 4.73. The summed E-state index contributed by atoms with van der Waals surface area (Å²) in [5, 5.41) is 1.15. The Morgan fingerprint density at radius 3 is 3.05 bits per heavy atom. The molecule has 3 rings (SSSR count). The first-order valence-corrected chi connectivity index (χ1v) is 7.52. The number of nitrogens with two attached hydrogens (primary N) is 1. The molecule has 0 amide bonds. The van der Waals surface area contributed by atoms with E-state index in [1.807, 2.05) is 0 Å². The number of anilines is 2. The van der Waals surface area contributed by atoms with Crippen LogP contribution in [0.2, 0.25) is 0 Å². The number of fused-ring (bicyclic) bond motifs is 1. The highest BCUT2D eigenvalue weighted by Gasteiger charge is 2.24. The molecule has 0 bridgehead atoms. The average Bonchev–Trinajstić information content (AvgIpc) is 3.02. The van der Waals surface area contributed by atoms with E-state index >= 15 is 0 Å². The second kappa shape index (κ2) is 4.94. The van der Waals surface area contributed by atoms with Crippen LogP contribution in [0.1, 0.15) is 24.6 Å². The van der Waals surface area contributed by atoms with Crippen molar-refractivity contribution < 1.29 is 0 Å². The quantitative estimate of drug-likeness (QED) is 0.666. The highest BCUT2D eigenvalue weighted by Crippen LogP contribution is 2.34. The van der Waals surface area contributed by atoms with Crippen LogP contribution in [0.15, 0.2) is 6.07 Å². The SMILES string of the molecule is CCC1CCN(c2nc(NN)nc3sc(C)cc23)C1. The largest absolute Gasteiger partial charge is 0.356 e. The Morgan fingerprint density at radius 1 is 1.53 bits per heavy atom. The fraction of sp³-hybridized carbons (Fsp3) is 0.538. The van der Waals surface area contributed by atoms with Gasteiger partial charge in [0.1, 0.15) is 10.6 Å². The monoisotopic (exact) mass is 277 g/mol. The van der Waals surface area contributed by atoms with Crippen molar-refractivity contribution in [3.05, 3.63) is 10.9 Å². The fourth-order valence-corrected chi connectivity index (χ4v) is 3.56. The Kier molecular flexibility index (Phi) is 3.28. The van der Waals surface area contributed by atoms with Gasteiger partial charge < -0.3 is 4.90 Å². The topological polar surface area (TPSA) is 67.1 Å². The van der Waals surface area contributed by atoms with Gasteiger partial charge in [-0.1, -0.05) is 13.3 Å². The van der Waals surface area contributed by atoms with Crippen molar-refractivity contribution in [3.63, 3.8) is 0 Å². The summed E-state index contributed by atoms with van der Waals surface area (Å²) in [6.07, 6.45) is 2.48. The zero-order valence-corrected chi connectivity index (χ0v) is 12.1. The highest BCUT2D eigenvalue weighted by atomic mass is 32.1. The third kappa shape index (κ3) is 2.26. The zero-order valence-electron chi connectivity index (χ0n) is 11.3. The van der Waals surface area contributed by atoms with Crippen LogP contribution in [-0.4, -0.2) is 23.1 Å². The molecule has 0 radical (unpaired) electrons. The normalized spacial score (nSPS) is 19.3. The molecule has 0 saturated carbocycles. The lowest BCUT2D eigenvalue weighted by Crippen LogP contribution is -2.22. The minimum Gasteiger partial charge on any atom is -0.356 e. The number of thiophene rings is 1. The molecule has 102 valence electrons. The summed E-state index contributed by atoms with van der Waals surface area (Å²) in [5.74, 6) is 7.79. The molecule has 0 aliphatic carbocycles. The van der Waals surface area contributed by atoms with Gasteiger partial charge in [0.05, 0.1) is 5.39 Å². The van der Waals surface area contributed by atoms with Gasteiger partial charge in [0.2, 0.25) is 5.95 Å². The van der Waals surface area contributed by atoms with Gasteiger partial charge in [-0.05, 0) is 25.3 Å². The molecule has 6 heteroatoms. The predicted molar refractivity (Wildman–Crippen MR) is 80.6 cm³/mol. The Bertz CT molecular complexity index is 594. The zero-order chi connectivity index (χ0) is 13.4. The van der Waals surface area contributed by atoms with Crippen molar-refractivity contribution >= 4 is 33.3 Å². The van der Waals surface area contributed by atoms with Gasteiger partial charge in [-0.15, -0.1) is 11.3 Å². The number of aryl methyl sites for hydroxylation is 1. The lowest BCUT2D eigenvalue weighted by atomic mass is 10.1. The van der Waals surface area contributed by atoms with E-state index < -0.39 is 0 Å². The van der Waals surface area contributed by atoms with E-state index in [0.717, 1.165) is 35.0 Å². The lowest BCUT2D eigenvalue weighted by Gasteiger charge is -2.18. The number of nitrogens with one attached hydrogen (secondary N) is 1. The van der Waals surface area contributed by atoms with E-state index in [9.17, 15) is 0 Å². The number of nitrogens with zero attached hydrogens (tertiary/aromatic N) is 3. The number of hydrazine groups is 1. The van der Waals surface area contributed by atoms with Crippen LogP contribution in [0.5, 0.6) is 0 Å². The van der Waals surface area contributed by atoms with Crippen LogP contribution in [-0.2, 0) is 0 Å². The van der Waals surface area contributed by atoms with E-state index in [4.69, 9.17) is 5.84 Å². The van der Waals surface area contributed by atoms with Crippen LogP contribution < -0.4 is 16.2 Å². The van der Waals surface area contributed by atoms with Crippen molar-refractivity contribution in [2.45, 2.75) is 26.7 Å². The van der Waals surface area contributed by atoms with Crippen LogP contribution >= 0.6 is 11.3 Å². The van der Waals surface area contributed by atoms with Crippen molar-refractivity contribution in [1.29, 1.82) is 0 Å². The van der Waals surface area contributed by atoms with Crippen molar-refractivity contribution in [2.24, 2.45) is 11.8 Å². The minimum absolute atomic E-state index is 0.504. The van der Waals surface area contributed by atoms with Gasteiger partial charge in [-0.2, -0.15) is 4.98 Å². The summed E-state index contributed by atoms with van der Waals surface area (Å²) in [5.41, 5.74) is 2.58. The minimum atomic E-state index is 0.504. The fourth-order valence-electron chi connectivity index (χ4n) is 2.69. The number of aromatic nitrogens is 2. The van der Waals surface area contributed by atoms with Crippen LogP contribution in [0, 0.1) is 12.8 Å². The summed E-state index contributed by atoms with van der Waals surface area (Å²) >= 11 is 1.69. The molecule has 3 N–H and O–H groups in total. The molecule has 1 aliphatic heterocycles. The molecule has 5 nitrogen and oxygen atoms in total. The average molecular weight is 277 g/mol. The van der Waals surface area contributed by atoms with Gasteiger partial charge in [0, 0.05) is 18.0 Å². The van der Waals surface area contributed by atoms with E-state index in [2.05, 4.69) is 40.2 Å². The first kappa shape index (κ1) is 12.6.